The van der Waals surface area contributed by atoms with E-state index in [1.807, 2.05) is 0 Å². The summed E-state index contributed by atoms with van der Waals surface area (Å²) in [4.78, 5) is 10.1. The van der Waals surface area contributed by atoms with Gasteiger partial charge in [0.05, 0.1) is 6.61 Å². The molecule has 0 aliphatic heterocycles. The second kappa shape index (κ2) is 5.53. The predicted octanol–water partition coefficient (Wildman–Crippen LogP) is 2.19. The molecule has 0 fully saturated rings. The van der Waals surface area contributed by atoms with E-state index in [9.17, 15) is 18.0 Å². The van der Waals surface area contributed by atoms with Gasteiger partial charge in [0, 0.05) is 0 Å². The Morgan fingerprint density at radius 2 is 1.82 bits per heavy atom. The summed E-state index contributed by atoms with van der Waals surface area (Å²) in [5.74, 6) is -1.44. The van der Waals surface area contributed by atoms with Crippen LogP contribution in [0.3, 0.4) is 0 Å². The van der Waals surface area contributed by atoms with Crippen molar-refractivity contribution >= 4 is 5.97 Å². The smallest absolute Gasteiger partial charge is 0.480 e. The lowest BCUT2D eigenvalue weighted by Gasteiger charge is -2.09. The molecular weight excluding hydrogens is 241 g/mol. The number of aliphatic carboxylic acids is 1. The molecule has 0 aromatic heterocycles. The quantitative estimate of drug-likeness (QED) is 0.870. The largest absolute Gasteiger partial charge is 0.573 e. The number of hydrogen-bond donors (Lipinski definition) is 1. The van der Waals surface area contributed by atoms with Crippen LogP contribution in [0.25, 0.3) is 0 Å². The molecule has 1 aromatic carbocycles. The van der Waals surface area contributed by atoms with Crippen LogP contribution in [0.2, 0.25) is 0 Å². The van der Waals surface area contributed by atoms with E-state index in [1.165, 1.54) is 12.1 Å². The third-order valence-corrected chi connectivity index (χ3v) is 1.65. The average molecular weight is 250 g/mol. The topological polar surface area (TPSA) is 55.8 Å². The lowest BCUT2D eigenvalue weighted by Crippen LogP contribution is -2.17. The number of halogens is 3. The van der Waals surface area contributed by atoms with Gasteiger partial charge in [-0.05, 0) is 17.7 Å². The first-order valence-corrected chi connectivity index (χ1v) is 4.51. The normalized spacial score (nSPS) is 11.2. The molecule has 0 atom stereocenters. The van der Waals surface area contributed by atoms with Crippen molar-refractivity contribution in [3.63, 3.8) is 0 Å². The molecular formula is C10H9F3O4. The maximum atomic E-state index is 11.8. The number of ether oxygens (including phenoxy) is 2. The fraction of sp³-hybridized carbons (Fsp3) is 0.300. The van der Waals surface area contributed by atoms with E-state index in [-0.39, 0.29) is 12.4 Å². The maximum Gasteiger partial charge on any atom is 0.573 e. The minimum atomic E-state index is -4.72. The van der Waals surface area contributed by atoms with Crippen LogP contribution in [0, 0.1) is 0 Å². The van der Waals surface area contributed by atoms with Crippen LogP contribution in [-0.2, 0) is 16.1 Å². The van der Waals surface area contributed by atoms with Gasteiger partial charge in [-0.15, -0.1) is 13.2 Å². The van der Waals surface area contributed by atoms with Gasteiger partial charge in [-0.3, -0.25) is 0 Å². The highest BCUT2D eigenvalue weighted by Crippen LogP contribution is 2.22. The van der Waals surface area contributed by atoms with Crippen molar-refractivity contribution in [2.24, 2.45) is 0 Å². The van der Waals surface area contributed by atoms with Gasteiger partial charge in [-0.25, -0.2) is 4.79 Å². The van der Waals surface area contributed by atoms with Gasteiger partial charge in [-0.2, -0.15) is 0 Å². The first-order chi connectivity index (χ1) is 7.87. The molecule has 0 amide bonds. The third-order valence-electron chi connectivity index (χ3n) is 1.65. The van der Waals surface area contributed by atoms with Crippen molar-refractivity contribution in [3.8, 4) is 5.75 Å². The molecule has 17 heavy (non-hydrogen) atoms. The first kappa shape index (κ1) is 13.3. The van der Waals surface area contributed by atoms with Crippen LogP contribution >= 0.6 is 0 Å². The molecule has 1 N–H and O–H groups in total. The molecule has 0 aliphatic rings. The van der Waals surface area contributed by atoms with Gasteiger partial charge in [-0.1, -0.05) is 12.1 Å². The number of alkyl halides is 3. The SMILES string of the molecule is O=C(O)COCc1ccc(OC(F)(F)F)cc1. The Kier molecular flexibility index (Phi) is 4.33. The summed E-state index contributed by atoms with van der Waals surface area (Å²) < 4.78 is 43.9. The summed E-state index contributed by atoms with van der Waals surface area (Å²) in [6, 6.07) is 4.99. The van der Waals surface area contributed by atoms with Gasteiger partial charge >= 0.3 is 12.3 Å². The van der Waals surface area contributed by atoms with Crippen LogP contribution in [0.4, 0.5) is 13.2 Å². The molecule has 0 radical (unpaired) electrons. The Bertz CT molecular complexity index is 372. The van der Waals surface area contributed by atoms with E-state index < -0.39 is 18.9 Å². The highest BCUT2D eigenvalue weighted by atomic mass is 19.4. The third kappa shape index (κ3) is 5.76. The van der Waals surface area contributed by atoms with E-state index in [1.54, 1.807) is 0 Å². The number of carbonyl (C=O) groups is 1. The molecule has 4 nitrogen and oxygen atoms in total. The van der Waals surface area contributed by atoms with E-state index in [0.29, 0.717) is 5.56 Å². The molecule has 0 heterocycles. The van der Waals surface area contributed by atoms with Crippen molar-refractivity contribution in [2.75, 3.05) is 6.61 Å². The Morgan fingerprint density at radius 3 is 2.29 bits per heavy atom. The zero-order valence-electron chi connectivity index (χ0n) is 8.53. The summed E-state index contributed by atoms with van der Waals surface area (Å²) >= 11 is 0. The number of benzene rings is 1. The molecule has 0 saturated heterocycles. The van der Waals surface area contributed by atoms with Crippen LogP contribution in [0.15, 0.2) is 24.3 Å². The van der Waals surface area contributed by atoms with Crippen LogP contribution in [-0.4, -0.2) is 24.0 Å². The van der Waals surface area contributed by atoms with E-state index in [4.69, 9.17) is 9.84 Å². The summed E-state index contributed by atoms with van der Waals surface area (Å²) in [7, 11) is 0. The lowest BCUT2D eigenvalue weighted by atomic mass is 10.2. The van der Waals surface area contributed by atoms with Gasteiger partial charge in [0.25, 0.3) is 0 Å². The Hall–Kier alpha value is -1.76. The highest BCUT2D eigenvalue weighted by Gasteiger charge is 2.30. The summed E-state index contributed by atoms with van der Waals surface area (Å²) in [6.07, 6.45) is -4.72. The van der Waals surface area contributed by atoms with Gasteiger partial charge < -0.3 is 14.6 Å². The lowest BCUT2D eigenvalue weighted by molar-refractivity contribution is -0.274. The van der Waals surface area contributed by atoms with Gasteiger partial charge in [0.15, 0.2) is 0 Å². The molecule has 7 heteroatoms. The fourth-order valence-electron chi connectivity index (χ4n) is 1.04. The predicted molar refractivity (Wildman–Crippen MR) is 50.4 cm³/mol. The molecule has 0 bridgehead atoms. The van der Waals surface area contributed by atoms with E-state index in [0.717, 1.165) is 12.1 Å². The first-order valence-electron chi connectivity index (χ1n) is 4.51. The molecule has 0 aliphatic carbocycles. The Labute approximate surface area is 94.6 Å². The van der Waals surface area contributed by atoms with Crippen molar-refractivity contribution < 1.29 is 32.5 Å². The highest BCUT2D eigenvalue weighted by molar-refractivity contribution is 5.67. The Morgan fingerprint density at radius 1 is 1.24 bits per heavy atom. The zero-order valence-corrected chi connectivity index (χ0v) is 8.53. The zero-order chi connectivity index (χ0) is 12.9. The number of carboxylic acid groups (broad SMARTS) is 1. The average Bonchev–Trinajstić information content (AvgIpc) is 2.18. The number of hydrogen-bond acceptors (Lipinski definition) is 3. The van der Waals surface area contributed by atoms with Crippen molar-refractivity contribution in [1.29, 1.82) is 0 Å². The molecule has 1 rings (SSSR count). The summed E-state index contributed by atoms with van der Waals surface area (Å²) in [6.45, 7) is -0.445. The molecule has 0 saturated carbocycles. The van der Waals surface area contributed by atoms with Crippen LogP contribution in [0.5, 0.6) is 5.75 Å². The van der Waals surface area contributed by atoms with Crippen LogP contribution < -0.4 is 4.74 Å². The van der Waals surface area contributed by atoms with Gasteiger partial charge in [0.1, 0.15) is 12.4 Å². The molecule has 1 aromatic rings. The standard InChI is InChI=1S/C10H9F3O4/c11-10(12,13)17-8-3-1-7(2-4-8)5-16-6-9(14)15/h1-4H,5-6H2,(H,14,15). The minimum Gasteiger partial charge on any atom is -0.480 e. The van der Waals surface area contributed by atoms with Gasteiger partial charge in [0.2, 0.25) is 0 Å². The van der Waals surface area contributed by atoms with Crippen molar-refractivity contribution in [1.82, 2.24) is 0 Å². The summed E-state index contributed by atoms with van der Waals surface area (Å²) in [5.41, 5.74) is 0.556. The number of carboxylic acids is 1. The second-order valence-electron chi connectivity index (χ2n) is 3.08. The summed E-state index contributed by atoms with van der Waals surface area (Å²) in [5, 5.41) is 8.29. The fourth-order valence-corrected chi connectivity index (χ4v) is 1.04. The molecule has 94 valence electrons. The van der Waals surface area contributed by atoms with E-state index in [2.05, 4.69) is 4.74 Å². The van der Waals surface area contributed by atoms with Crippen LogP contribution in [0.1, 0.15) is 5.56 Å². The van der Waals surface area contributed by atoms with Crippen molar-refractivity contribution in [2.45, 2.75) is 13.0 Å². The number of rotatable bonds is 5. The van der Waals surface area contributed by atoms with Crippen molar-refractivity contribution in [3.05, 3.63) is 29.8 Å². The molecule has 0 unspecified atom stereocenters. The second-order valence-corrected chi connectivity index (χ2v) is 3.08. The molecule has 0 spiro atoms. The monoisotopic (exact) mass is 250 g/mol. The maximum absolute atomic E-state index is 11.8. The Balaban J connectivity index is 2.47. The van der Waals surface area contributed by atoms with E-state index >= 15 is 0 Å². The minimum absolute atomic E-state index is 0.0125.